The maximum absolute atomic E-state index is 12.5. The Kier molecular flexibility index (Phi) is 5.97. The summed E-state index contributed by atoms with van der Waals surface area (Å²) in [7, 11) is 0. The molecule has 0 bridgehead atoms. The summed E-state index contributed by atoms with van der Waals surface area (Å²) in [6, 6.07) is 15.9. The van der Waals surface area contributed by atoms with Crippen molar-refractivity contribution < 1.29 is 4.79 Å². The van der Waals surface area contributed by atoms with E-state index >= 15 is 0 Å². The van der Waals surface area contributed by atoms with Crippen LogP contribution in [0.25, 0.3) is 17.3 Å². The molecule has 4 rings (SSSR count). The van der Waals surface area contributed by atoms with Crippen molar-refractivity contribution in [3.63, 3.8) is 0 Å². The van der Waals surface area contributed by atoms with Crippen molar-refractivity contribution in [2.45, 2.75) is 6.92 Å². The van der Waals surface area contributed by atoms with E-state index in [2.05, 4.69) is 41.5 Å². The number of nitrogens with zero attached hydrogens (tertiary/aromatic N) is 3. The number of amides is 1. The van der Waals surface area contributed by atoms with Gasteiger partial charge in [-0.15, -0.1) is 11.3 Å². The van der Waals surface area contributed by atoms with Gasteiger partial charge in [0.25, 0.3) is 0 Å². The third kappa shape index (κ3) is 4.69. The number of anilines is 1. The Morgan fingerprint density at radius 3 is 2.52 bits per heavy atom. The summed E-state index contributed by atoms with van der Waals surface area (Å²) in [4.78, 5) is 21.4. The van der Waals surface area contributed by atoms with Gasteiger partial charge >= 0.3 is 0 Å². The molecule has 0 spiro atoms. The first-order valence-corrected chi connectivity index (χ1v) is 10.8. The molecule has 3 aromatic rings. The molecule has 1 aliphatic rings. The van der Waals surface area contributed by atoms with E-state index < -0.39 is 0 Å². The Labute approximate surface area is 180 Å². The molecular formula is C23H22ClN3OS. The minimum Gasteiger partial charge on any atom is -0.345 e. The molecule has 0 atom stereocenters. The molecule has 1 amide bonds. The Balaban J connectivity index is 1.35. The second kappa shape index (κ2) is 8.80. The zero-order valence-corrected chi connectivity index (χ0v) is 17.8. The molecule has 0 unspecified atom stereocenters. The summed E-state index contributed by atoms with van der Waals surface area (Å²) in [5.74, 6) is 0.0176. The lowest BCUT2D eigenvalue weighted by Crippen LogP contribution is -2.48. The molecule has 6 heteroatoms. The summed E-state index contributed by atoms with van der Waals surface area (Å²) >= 11 is 7.80. The van der Waals surface area contributed by atoms with E-state index in [0.29, 0.717) is 18.1 Å². The Bertz CT molecular complexity index is 1020. The van der Waals surface area contributed by atoms with Crippen LogP contribution in [-0.2, 0) is 4.79 Å². The van der Waals surface area contributed by atoms with Gasteiger partial charge in [-0.2, -0.15) is 0 Å². The topological polar surface area (TPSA) is 36.4 Å². The number of thiazole rings is 1. The Morgan fingerprint density at radius 2 is 1.79 bits per heavy atom. The van der Waals surface area contributed by atoms with E-state index in [-0.39, 0.29) is 5.91 Å². The normalized spacial score (nSPS) is 14.6. The molecule has 0 aliphatic carbocycles. The first-order chi connectivity index (χ1) is 14.1. The molecule has 1 aliphatic heterocycles. The van der Waals surface area contributed by atoms with E-state index in [0.717, 1.165) is 35.0 Å². The minimum atomic E-state index is 0.0176. The van der Waals surface area contributed by atoms with Gasteiger partial charge in [0.2, 0.25) is 5.91 Å². The molecular weight excluding hydrogens is 402 g/mol. The van der Waals surface area contributed by atoms with Crippen LogP contribution in [0.4, 0.5) is 5.13 Å². The quantitative estimate of drug-likeness (QED) is 0.545. The molecule has 148 valence electrons. The van der Waals surface area contributed by atoms with Crippen LogP contribution in [0.2, 0.25) is 5.02 Å². The van der Waals surface area contributed by atoms with Gasteiger partial charge in [-0.25, -0.2) is 4.98 Å². The number of hydrogen-bond donors (Lipinski definition) is 0. The molecule has 1 fully saturated rings. The van der Waals surface area contributed by atoms with Crippen LogP contribution < -0.4 is 4.90 Å². The number of rotatable bonds is 4. The minimum absolute atomic E-state index is 0.0176. The summed E-state index contributed by atoms with van der Waals surface area (Å²) in [5, 5.41) is 3.76. The molecule has 1 saturated heterocycles. The van der Waals surface area contributed by atoms with Crippen LogP contribution >= 0.6 is 22.9 Å². The highest BCUT2D eigenvalue weighted by Crippen LogP contribution is 2.28. The SMILES string of the molecule is Cc1ccc(-c2csc(N3CCN(C(=O)C=Cc4ccccc4Cl)CC3)n2)cc1. The van der Waals surface area contributed by atoms with Crippen molar-refractivity contribution in [1.82, 2.24) is 9.88 Å². The van der Waals surface area contributed by atoms with Crippen LogP contribution in [0, 0.1) is 6.92 Å². The van der Waals surface area contributed by atoms with Crippen LogP contribution in [0.5, 0.6) is 0 Å². The first kappa shape index (κ1) is 19.7. The van der Waals surface area contributed by atoms with E-state index in [1.165, 1.54) is 5.56 Å². The van der Waals surface area contributed by atoms with Crippen LogP contribution in [0.3, 0.4) is 0 Å². The Morgan fingerprint density at radius 1 is 1.07 bits per heavy atom. The van der Waals surface area contributed by atoms with Crippen molar-refractivity contribution >= 4 is 40.1 Å². The number of hydrogen-bond acceptors (Lipinski definition) is 4. The Hall–Kier alpha value is -2.63. The van der Waals surface area contributed by atoms with E-state index in [1.54, 1.807) is 23.5 Å². The van der Waals surface area contributed by atoms with Gasteiger partial charge in [0, 0.05) is 48.2 Å². The summed E-state index contributed by atoms with van der Waals surface area (Å²) in [6.45, 7) is 5.02. The van der Waals surface area contributed by atoms with Crippen molar-refractivity contribution in [1.29, 1.82) is 0 Å². The summed E-state index contributed by atoms with van der Waals surface area (Å²) in [5.41, 5.74) is 4.24. The van der Waals surface area contributed by atoms with Gasteiger partial charge in [-0.3, -0.25) is 4.79 Å². The summed E-state index contributed by atoms with van der Waals surface area (Å²) < 4.78 is 0. The third-order valence-corrected chi connectivity index (χ3v) is 6.26. The maximum atomic E-state index is 12.5. The van der Waals surface area contributed by atoms with Crippen molar-refractivity contribution in [3.05, 3.63) is 76.1 Å². The highest BCUT2D eigenvalue weighted by molar-refractivity contribution is 7.14. The number of piperazine rings is 1. The predicted molar refractivity (Wildman–Crippen MR) is 122 cm³/mol. The van der Waals surface area contributed by atoms with Crippen molar-refractivity contribution in [3.8, 4) is 11.3 Å². The lowest BCUT2D eigenvalue weighted by Gasteiger charge is -2.34. The van der Waals surface area contributed by atoms with E-state index in [9.17, 15) is 4.79 Å². The second-order valence-electron chi connectivity index (χ2n) is 7.05. The van der Waals surface area contributed by atoms with Crippen LogP contribution in [-0.4, -0.2) is 42.0 Å². The maximum Gasteiger partial charge on any atom is 0.246 e. The van der Waals surface area contributed by atoms with Gasteiger partial charge in [-0.1, -0.05) is 59.6 Å². The van der Waals surface area contributed by atoms with Gasteiger partial charge in [-0.05, 0) is 24.6 Å². The lowest BCUT2D eigenvalue weighted by atomic mass is 10.1. The molecule has 2 heterocycles. The number of aromatic nitrogens is 1. The molecule has 4 nitrogen and oxygen atoms in total. The molecule has 1 aromatic heterocycles. The highest BCUT2D eigenvalue weighted by Gasteiger charge is 2.21. The van der Waals surface area contributed by atoms with Gasteiger partial charge in [0.1, 0.15) is 0 Å². The molecule has 0 saturated carbocycles. The van der Waals surface area contributed by atoms with Crippen molar-refractivity contribution in [2.24, 2.45) is 0 Å². The fraction of sp³-hybridized carbons (Fsp3) is 0.217. The van der Waals surface area contributed by atoms with Crippen LogP contribution in [0.15, 0.2) is 60.0 Å². The fourth-order valence-electron chi connectivity index (χ4n) is 3.26. The first-order valence-electron chi connectivity index (χ1n) is 9.59. The number of benzene rings is 2. The average Bonchev–Trinajstić information content (AvgIpc) is 3.24. The number of carbonyl (C=O) groups excluding carboxylic acids is 1. The highest BCUT2D eigenvalue weighted by atomic mass is 35.5. The van der Waals surface area contributed by atoms with E-state index in [4.69, 9.17) is 16.6 Å². The second-order valence-corrected chi connectivity index (χ2v) is 8.29. The smallest absolute Gasteiger partial charge is 0.246 e. The standard InChI is InChI=1S/C23H22ClN3OS/c1-17-6-8-19(9-7-17)21-16-29-23(25-21)27-14-12-26(13-15-27)22(28)11-10-18-4-2-3-5-20(18)24/h2-11,16H,12-15H2,1H3. The molecule has 29 heavy (non-hydrogen) atoms. The monoisotopic (exact) mass is 423 g/mol. The van der Waals surface area contributed by atoms with E-state index in [1.807, 2.05) is 29.2 Å². The average molecular weight is 424 g/mol. The molecule has 0 radical (unpaired) electrons. The third-order valence-electron chi connectivity index (χ3n) is 5.01. The number of aryl methyl sites for hydroxylation is 1. The zero-order valence-electron chi connectivity index (χ0n) is 16.2. The van der Waals surface area contributed by atoms with Gasteiger partial charge < -0.3 is 9.80 Å². The molecule has 2 aromatic carbocycles. The van der Waals surface area contributed by atoms with Gasteiger partial charge in [0.05, 0.1) is 5.69 Å². The largest absolute Gasteiger partial charge is 0.345 e. The van der Waals surface area contributed by atoms with Crippen LogP contribution in [0.1, 0.15) is 11.1 Å². The van der Waals surface area contributed by atoms with Gasteiger partial charge in [0.15, 0.2) is 5.13 Å². The molecule has 0 N–H and O–H groups in total. The predicted octanol–water partition coefficient (Wildman–Crippen LogP) is 5.13. The number of carbonyl (C=O) groups is 1. The zero-order chi connectivity index (χ0) is 20.2. The number of halogens is 1. The van der Waals surface area contributed by atoms with Crippen molar-refractivity contribution in [2.75, 3.05) is 31.1 Å². The fourth-order valence-corrected chi connectivity index (χ4v) is 4.35. The lowest BCUT2D eigenvalue weighted by molar-refractivity contribution is -0.126. The summed E-state index contributed by atoms with van der Waals surface area (Å²) in [6.07, 6.45) is 3.39.